The van der Waals surface area contributed by atoms with E-state index in [2.05, 4.69) is 9.72 Å². The Hall–Kier alpha value is -2.74. The first-order valence-electron chi connectivity index (χ1n) is 8.96. The number of ketones is 1. The Kier molecular flexibility index (Phi) is 5.51. The molecule has 28 heavy (non-hydrogen) atoms. The highest BCUT2D eigenvalue weighted by atomic mass is 32.1. The molecule has 0 saturated carbocycles. The van der Waals surface area contributed by atoms with Gasteiger partial charge < -0.3 is 9.30 Å². The molecular weight excluding hydrogens is 378 g/mol. The smallest absolute Gasteiger partial charge is 0.307 e. The molecule has 0 fully saturated rings. The van der Waals surface area contributed by atoms with Crippen LogP contribution in [0.25, 0.3) is 10.2 Å². The first-order chi connectivity index (χ1) is 13.2. The van der Waals surface area contributed by atoms with E-state index in [-0.39, 0.29) is 30.3 Å². The van der Waals surface area contributed by atoms with E-state index in [0.717, 1.165) is 21.8 Å². The summed E-state index contributed by atoms with van der Waals surface area (Å²) in [6.07, 6.45) is 1.67. The van der Waals surface area contributed by atoms with Crippen LogP contribution in [0.3, 0.4) is 0 Å². The van der Waals surface area contributed by atoms with Gasteiger partial charge in [-0.2, -0.15) is 0 Å². The van der Waals surface area contributed by atoms with Gasteiger partial charge >= 0.3 is 5.97 Å². The third kappa shape index (κ3) is 3.52. The normalized spacial score (nSPS) is 11.2. The molecule has 3 rings (SSSR count). The van der Waals surface area contributed by atoms with Crippen molar-refractivity contribution in [3.63, 3.8) is 0 Å². The summed E-state index contributed by atoms with van der Waals surface area (Å²) in [4.78, 5) is 43.2. The Morgan fingerprint density at radius 3 is 2.61 bits per heavy atom. The van der Waals surface area contributed by atoms with Gasteiger partial charge in [0.2, 0.25) is 0 Å². The van der Waals surface area contributed by atoms with Gasteiger partial charge in [0, 0.05) is 28.4 Å². The summed E-state index contributed by atoms with van der Waals surface area (Å²) in [6, 6.07) is 1.80. The maximum Gasteiger partial charge on any atom is 0.307 e. The number of aryl methyl sites for hydroxylation is 3. The molecule has 0 bridgehead atoms. The van der Waals surface area contributed by atoms with E-state index in [1.54, 1.807) is 6.07 Å². The van der Waals surface area contributed by atoms with Crippen LogP contribution >= 0.6 is 11.3 Å². The van der Waals surface area contributed by atoms with Crippen molar-refractivity contribution in [2.24, 2.45) is 0 Å². The van der Waals surface area contributed by atoms with Crippen molar-refractivity contribution in [3.8, 4) is 0 Å². The number of carbonyl (C=O) groups is 2. The number of ether oxygens (including phenoxy) is 1. The Balaban J connectivity index is 1.89. The summed E-state index contributed by atoms with van der Waals surface area (Å²) >= 11 is 1.48. The van der Waals surface area contributed by atoms with Crippen molar-refractivity contribution in [1.29, 1.82) is 0 Å². The lowest BCUT2D eigenvalue weighted by Gasteiger charge is -2.09. The lowest BCUT2D eigenvalue weighted by atomic mass is 10.1. The SMILES string of the molecule is COC(=O)CCn1c(C)cc(C(=O)Cn2cnc3sc(C)c(C)c3c2=O)c1C. The van der Waals surface area contributed by atoms with E-state index < -0.39 is 0 Å². The van der Waals surface area contributed by atoms with Gasteiger partial charge in [-0.15, -0.1) is 11.3 Å². The zero-order valence-electron chi connectivity index (χ0n) is 16.7. The van der Waals surface area contributed by atoms with Crippen LogP contribution in [0, 0.1) is 27.7 Å². The Labute approximate surface area is 166 Å². The number of hydrogen-bond acceptors (Lipinski definition) is 6. The molecular formula is C20H23N3O4S. The van der Waals surface area contributed by atoms with Crippen LogP contribution in [0.1, 0.15) is 38.6 Å². The molecule has 0 N–H and O–H groups in total. The van der Waals surface area contributed by atoms with Gasteiger partial charge in [-0.25, -0.2) is 4.98 Å². The quantitative estimate of drug-likeness (QED) is 0.468. The Bertz CT molecular complexity index is 1140. The van der Waals surface area contributed by atoms with Crippen LogP contribution in [-0.4, -0.2) is 33.0 Å². The molecule has 0 atom stereocenters. The predicted octanol–water partition coefficient (Wildman–Crippen LogP) is 2.94. The van der Waals surface area contributed by atoms with Crippen molar-refractivity contribution < 1.29 is 14.3 Å². The fourth-order valence-corrected chi connectivity index (χ4v) is 4.34. The number of thiophene rings is 1. The highest BCUT2D eigenvalue weighted by Gasteiger charge is 2.19. The molecule has 0 aromatic carbocycles. The summed E-state index contributed by atoms with van der Waals surface area (Å²) in [5.41, 5.74) is 2.93. The Morgan fingerprint density at radius 2 is 1.93 bits per heavy atom. The summed E-state index contributed by atoms with van der Waals surface area (Å²) in [6.45, 7) is 7.96. The van der Waals surface area contributed by atoms with Crippen LogP contribution in [0.15, 0.2) is 17.2 Å². The second-order valence-electron chi connectivity index (χ2n) is 6.83. The van der Waals surface area contributed by atoms with E-state index in [0.29, 0.717) is 22.3 Å². The molecule has 148 valence electrons. The van der Waals surface area contributed by atoms with Crippen molar-refractivity contribution in [2.45, 2.75) is 47.2 Å². The maximum absolute atomic E-state index is 12.9. The van der Waals surface area contributed by atoms with E-state index in [4.69, 9.17) is 0 Å². The molecule has 3 aromatic heterocycles. The van der Waals surface area contributed by atoms with Gasteiger partial charge in [-0.3, -0.25) is 19.0 Å². The Morgan fingerprint density at radius 1 is 1.21 bits per heavy atom. The summed E-state index contributed by atoms with van der Waals surface area (Å²) < 4.78 is 7.96. The number of fused-ring (bicyclic) bond motifs is 1. The predicted molar refractivity (Wildman–Crippen MR) is 108 cm³/mol. The molecule has 0 amide bonds. The fraction of sp³-hybridized carbons (Fsp3) is 0.400. The summed E-state index contributed by atoms with van der Waals surface area (Å²) in [5.74, 6) is -0.460. The molecule has 0 aliphatic heterocycles. The zero-order chi connectivity index (χ0) is 20.6. The number of methoxy groups -OCH3 is 1. The van der Waals surface area contributed by atoms with Crippen molar-refractivity contribution in [2.75, 3.05) is 7.11 Å². The average molecular weight is 401 g/mol. The fourth-order valence-electron chi connectivity index (χ4n) is 3.36. The minimum atomic E-state index is -0.298. The zero-order valence-corrected chi connectivity index (χ0v) is 17.5. The molecule has 0 radical (unpaired) electrons. The first kappa shape index (κ1) is 20.0. The number of hydrogen-bond donors (Lipinski definition) is 0. The van der Waals surface area contributed by atoms with E-state index in [9.17, 15) is 14.4 Å². The van der Waals surface area contributed by atoms with Gasteiger partial charge in [0.25, 0.3) is 5.56 Å². The second-order valence-corrected chi connectivity index (χ2v) is 8.03. The number of rotatable bonds is 6. The lowest BCUT2D eigenvalue weighted by Crippen LogP contribution is -2.25. The maximum atomic E-state index is 12.9. The molecule has 7 nitrogen and oxygen atoms in total. The molecule has 0 unspecified atom stereocenters. The van der Waals surface area contributed by atoms with Gasteiger partial charge in [-0.1, -0.05) is 0 Å². The van der Waals surface area contributed by atoms with Gasteiger partial charge in [0.15, 0.2) is 5.78 Å². The second kappa shape index (κ2) is 7.71. The number of Topliss-reactive ketones (excluding diaryl/α,β-unsaturated/α-hetero) is 1. The number of carbonyl (C=O) groups excluding carboxylic acids is 2. The molecule has 0 spiro atoms. The molecule has 0 aliphatic rings. The molecule has 0 saturated heterocycles. The number of nitrogens with zero attached hydrogens (tertiary/aromatic N) is 3. The molecule has 0 aliphatic carbocycles. The van der Waals surface area contributed by atoms with E-state index in [1.165, 1.54) is 29.3 Å². The lowest BCUT2D eigenvalue weighted by molar-refractivity contribution is -0.140. The minimum Gasteiger partial charge on any atom is -0.469 e. The van der Waals surface area contributed by atoms with Gasteiger partial charge in [0.05, 0.1) is 31.8 Å². The average Bonchev–Trinajstić information content (AvgIpc) is 3.11. The van der Waals surface area contributed by atoms with Crippen LogP contribution < -0.4 is 5.56 Å². The monoisotopic (exact) mass is 401 g/mol. The topological polar surface area (TPSA) is 83.2 Å². The summed E-state index contributed by atoms with van der Waals surface area (Å²) in [5, 5.41) is 0.585. The van der Waals surface area contributed by atoms with E-state index in [1.807, 2.05) is 32.3 Å². The van der Waals surface area contributed by atoms with Crippen molar-refractivity contribution in [1.82, 2.24) is 14.1 Å². The first-order valence-corrected chi connectivity index (χ1v) is 9.78. The number of aromatic nitrogens is 3. The van der Waals surface area contributed by atoms with Crippen LogP contribution in [-0.2, 0) is 22.6 Å². The van der Waals surface area contributed by atoms with Crippen LogP contribution in [0.2, 0.25) is 0 Å². The van der Waals surface area contributed by atoms with Crippen LogP contribution in [0.4, 0.5) is 0 Å². The van der Waals surface area contributed by atoms with Crippen LogP contribution in [0.5, 0.6) is 0 Å². The molecule has 3 heterocycles. The third-order valence-corrected chi connectivity index (χ3v) is 6.23. The van der Waals surface area contributed by atoms with Gasteiger partial charge in [0.1, 0.15) is 4.83 Å². The van der Waals surface area contributed by atoms with E-state index >= 15 is 0 Å². The molecule has 3 aromatic rings. The highest BCUT2D eigenvalue weighted by molar-refractivity contribution is 7.18. The van der Waals surface area contributed by atoms with Crippen molar-refractivity contribution in [3.05, 3.63) is 50.1 Å². The van der Waals surface area contributed by atoms with Gasteiger partial charge in [-0.05, 0) is 39.3 Å². The summed E-state index contributed by atoms with van der Waals surface area (Å²) in [7, 11) is 1.35. The molecule has 8 heteroatoms. The standard InChI is InChI=1S/C20H23N3O4S/c1-11-8-15(13(3)23(11)7-6-17(25)27-5)16(24)9-22-10-21-19-18(20(22)26)12(2)14(4)28-19/h8,10H,6-7,9H2,1-5H3. The highest BCUT2D eigenvalue weighted by Crippen LogP contribution is 2.25. The minimum absolute atomic E-state index is 0.0720. The largest absolute Gasteiger partial charge is 0.469 e. The number of esters is 1. The van der Waals surface area contributed by atoms with Crippen molar-refractivity contribution >= 4 is 33.3 Å². The third-order valence-electron chi connectivity index (χ3n) is 5.11.